The highest BCUT2D eigenvalue weighted by molar-refractivity contribution is 5.62. The van der Waals surface area contributed by atoms with Gasteiger partial charge in [0.25, 0.3) is 0 Å². The number of benzene rings is 1. The van der Waals surface area contributed by atoms with Crippen molar-refractivity contribution in [2.45, 2.75) is 0 Å². The smallest absolute Gasteiger partial charge is 0.198 e. The van der Waals surface area contributed by atoms with E-state index in [2.05, 4.69) is 10.1 Å². The highest BCUT2D eigenvalue weighted by atomic mass is 16.3. The summed E-state index contributed by atoms with van der Waals surface area (Å²) in [5.41, 5.74) is 1.10. The third-order valence-corrected chi connectivity index (χ3v) is 2.45. The van der Waals surface area contributed by atoms with Crippen LogP contribution in [0.4, 0.5) is 0 Å². The largest absolute Gasteiger partial charge is 0.508 e. The van der Waals surface area contributed by atoms with Crippen molar-refractivity contribution in [3.05, 3.63) is 42.6 Å². The third kappa shape index (κ3) is 1.57. The molecule has 1 aromatic carbocycles. The molecular formula is C12H9N3O2. The number of phenols is 1. The van der Waals surface area contributed by atoms with Gasteiger partial charge in [-0.15, -0.1) is 5.10 Å². The molecule has 0 saturated heterocycles. The summed E-state index contributed by atoms with van der Waals surface area (Å²) in [6, 6.07) is 9.91. The molecule has 0 aliphatic heterocycles. The van der Waals surface area contributed by atoms with Crippen molar-refractivity contribution >= 4 is 5.65 Å². The minimum absolute atomic E-state index is 0.0754. The Balaban J connectivity index is 2.22. The lowest BCUT2D eigenvalue weighted by Gasteiger charge is -1.94. The van der Waals surface area contributed by atoms with Crippen LogP contribution in [0.5, 0.6) is 11.5 Å². The van der Waals surface area contributed by atoms with E-state index >= 15 is 0 Å². The van der Waals surface area contributed by atoms with Crippen molar-refractivity contribution in [3.63, 3.8) is 0 Å². The topological polar surface area (TPSA) is 70.7 Å². The first kappa shape index (κ1) is 9.65. The van der Waals surface area contributed by atoms with E-state index in [1.165, 1.54) is 4.52 Å². The molecule has 5 nitrogen and oxygen atoms in total. The van der Waals surface area contributed by atoms with Gasteiger partial charge in [-0.2, -0.15) is 0 Å². The van der Waals surface area contributed by atoms with Crippen LogP contribution >= 0.6 is 0 Å². The number of fused-ring (bicyclic) bond motifs is 1. The first-order valence-electron chi connectivity index (χ1n) is 5.08. The molecule has 2 aromatic heterocycles. The van der Waals surface area contributed by atoms with E-state index in [1.807, 2.05) is 0 Å². The number of hydrogen-bond donors (Lipinski definition) is 2. The number of nitrogens with zero attached hydrogens (tertiary/aromatic N) is 3. The fraction of sp³-hybridized carbons (Fsp3) is 0. The van der Waals surface area contributed by atoms with Crippen molar-refractivity contribution < 1.29 is 10.2 Å². The zero-order chi connectivity index (χ0) is 11.8. The fourth-order valence-electron chi connectivity index (χ4n) is 1.66. The van der Waals surface area contributed by atoms with Gasteiger partial charge in [-0.3, -0.25) is 0 Å². The van der Waals surface area contributed by atoms with Crippen LogP contribution < -0.4 is 0 Å². The standard InChI is InChI=1S/C12H9N3O2/c16-9-4-1-3-8(7-9)11-13-12-10(17)5-2-6-15(12)14-11/h1-7,16-17H. The molecule has 3 rings (SSSR count). The molecule has 0 fully saturated rings. The lowest BCUT2D eigenvalue weighted by Crippen LogP contribution is -1.85. The van der Waals surface area contributed by atoms with E-state index in [0.29, 0.717) is 17.0 Å². The second-order valence-electron chi connectivity index (χ2n) is 3.65. The van der Waals surface area contributed by atoms with Gasteiger partial charge < -0.3 is 10.2 Å². The van der Waals surface area contributed by atoms with Gasteiger partial charge in [0.15, 0.2) is 17.2 Å². The molecule has 0 saturated carbocycles. The molecule has 0 amide bonds. The van der Waals surface area contributed by atoms with E-state index in [-0.39, 0.29) is 11.5 Å². The molecule has 0 bridgehead atoms. The van der Waals surface area contributed by atoms with Crippen molar-refractivity contribution in [2.75, 3.05) is 0 Å². The minimum Gasteiger partial charge on any atom is -0.508 e. The maximum Gasteiger partial charge on any atom is 0.198 e. The van der Waals surface area contributed by atoms with Gasteiger partial charge in [0.2, 0.25) is 0 Å². The first-order chi connectivity index (χ1) is 8.24. The maximum absolute atomic E-state index is 9.61. The molecular weight excluding hydrogens is 218 g/mol. The van der Waals surface area contributed by atoms with Crippen LogP contribution in [0.2, 0.25) is 0 Å². The van der Waals surface area contributed by atoms with E-state index in [0.717, 1.165) is 0 Å². The molecule has 2 N–H and O–H groups in total. The van der Waals surface area contributed by atoms with Crippen molar-refractivity contribution in [2.24, 2.45) is 0 Å². The zero-order valence-corrected chi connectivity index (χ0v) is 8.78. The van der Waals surface area contributed by atoms with Crippen LogP contribution in [0.3, 0.4) is 0 Å². The van der Waals surface area contributed by atoms with Gasteiger partial charge >= 0.3 is 0 Å². The number of aromatic hydroxyl groups is 2. The molecule has 0 unspecified atom stereocenters. The van der Waals surface area contributed by atoms with Gasteiger partial charge in [0, 0.05) is 11.8 Å². The van der Waals surface area contributed by atoms with Gasteiger partial charge in [0.1, 0.15) is 5.75 Å². The van der Waals surface area contributed by atoms with E-state index in [4.69, 9.17) is 0 Å². The second kappa shape index (κ2) is 3.48. The number of aromatic nitrogens is 3. The highest BCUT2D eigenvalue weighted by Crippen LogP contribution is 2.23. The summed E-state index contributed by atoms with van der Waals surface area (Å²) < 4.78 is 1.49. The summed E-state index contributed by atoms with van der Waals surface area (Å²) in [7, 11) is 0. The van der Waals surface area contributed by atoms with Crippen LogP contribution in [0.15, 0.2) is 42.6 Å². The Hall–Kier alpha value is -2.56. The summed E-state index contributed by atoms with van der Waals surface area (Å²) >= 11 is 0. The molecule has 5 heteroatoms. The van der Waals surface area contributed by atoms with Crippen molar-refractivity contribution in [3.8, 4) is 22.9 Å². The minimum atomic E-state index is 0.0754. The molecule has 84 valence electrons. The van der Waals surface area contributed by atoms with Crippen LogP contribution in [-0.4, -0.2) is 24.8 Å². The monoisotopic (exact) mass is 227 g/mol. The summed E-state index contributed by atoms with van der Waals surface area (Å²) in [5.74, 6) is 0.694. The van der Waals surface area contributed by atoms with Crippen LogP contribution in [0.1, 0.15) is 0 Å². The zero-order valence-electron chi connectivity index (χ0n) is 8.78. The molecule has 2 heterocycles. The Morgan fingerprint density at radius 1 is 1.06 bits per heavy atom. The highest BCUT2D eigenvalue weighted by Gasteiger charge is 2.09. The first-order valence-corrected chi connectivity index (χ1v) is 5.08. The van der Waals surface area contributed by atoms with E-state index < -0.39 is 0 Å². The molecule has 3 aromatic rings. The van der Waals surface area contributed by atoms with Gasteiger partial charge in [-0.05, 0) is 24.3 Å². The summed E-state index contributed by atoms with van der Waals surface area (Å²) in [4.78, 5) is 4.21. The SMILES string of the molecule is Oc1cccc(-c2nc3c(O)cccn3n2)c1. The van der Waals surface area contributed by atoms with Gasteiger partial charge in [0.05, 0.1) is 0 Å². The number of hydrogen-bond acceptors (Lipinski definition) is 4. The Morgan fingerprint density at radius 2 is 1.94 bits per heavy atom. The normalized spacial score (nSPS) is 10.8. The fourth-order valence-corrected chi connectivity index (χ4v) is 1.66. The predicted molar refractivity (Wildman–Crippen MR) is 61.8 cm³/mol. The van der Waals surface area contributed by atoms with E-state index in [9.17, 15) is 10.2 Å². The second-order valence-corrected chi connectivity index (χ2v) is 3.65. The summed E-state index contributed by atoms with van der Waals surface area (Å²) in [6.45, 7) is 0. The molecule has 0 aliphatic rings. The Bertz CT molecular complexity index is 691. The lowest BCUT2D eigenvalue weighted by molar-refractivity contribution is 0.475. The maximum atomic E-state index is 9.61. The molecule has 0 spiro atoms. The average Bonchev–Trinajstić information content (AvgIpc) is 2.74. The van der Waals surface area contributed by atoms with Crippen molar-refractivity contribution in [1.82, 2.24) is 14.6 Å². The third-order valence-electron chi connectivity index (χ3n) is 2.45. The Kier molecular flexibility index (Phi) is 1.98. The van der Waals surface area contributed by atoms with E-state index in [1.54, 1.807) is 42.6 Å². The van der Waals surface area contributed by atoms with Crippen molar-refractivity contribution in [1.29, 1.82) is 0 Å². The molecule has 17 heavy (non-hydrogen) atoms. The molecule has 0 radical (unpaired) electrons. The van der Waals surface area contributed by atoms with Crippen LogP contribution in [-0.2, 0) is 0 Å². The predicted octanol–water partition coefficient (Wildman–Crippen LogP) is 1.81. The lowest BCUT2D eigenvalue weighted by atomic mass is 10.2. The van der Waals surface area contributed by atoms with Crippen LogP contribution in [0, 0.1) is 0 Å². The number of pyridine rings is 1. The molecule has 0 aliphatic carbocycles. The number of rotatable bonds is 1. The average molecular weight is 227 g/mol. The summed E-state index contributed by atoms with van der Waals surface area (Å²) in [5, 5.41) is 23.2. The molecule has 0 atom stereocenters. The Morgan fingerprint density at radius 3 is 2.71 bits per heavy atom. The van der Waals surface area contributed by atoms with Gasteiger partial charge in [-0.25, -0.2) is 9.50 Å². The van der Waals surface area contributed by atoms with Crippen LogP contribution in [0.25, 0.3) is 17.0 Å². The quantitative estimate of drug-likeness (QED) is 0.665. The summed E-state index contributed by atoms with van der Waals surface area (Å²) in [6.07, 6.45) is 1.70. The number of phenolic OH excluding ortho intramolecular Hbond substituents is 1. The van der Waals surface area contributed by atoms with Gasteiger partial charge in [-0.1, -0.05) is 12.1 Å². The Labute approximate surface area is 96.6 Å².